The first-order valence-corrected chi connectivity index (χ1v) is 35.8. The Kier molecular flexibility index (Phi) is 76.5. The second-order valence-corrected chi connectivity index (χ2v) is 24.2. The number of hydrogen-bond acceptors (Lipinski definition) is 10. The zero-order chi connectivity index (χ0) is 60.1. The van der Waals surface area contributed by atoms with Gasteiger partial charge in [0.2, 0.25) is 17.7 Å². The Hall–Kier alpha value is -1.87. The molecule has 0 spiro atoms. The van der Waals surface area contributed by atoms with Crippen molar-refractivity contribution in [3.05, 3.63) is 0 Å². The monoisotopic (exact) mass is 1180 g/mol. The second kappa shape index (κ2) is 74.4. The van der Waals surface area contributed by atoms with Crippen LogP contribution in [0, 0.1) is 0 Å². The summed E-state index contributed by atoms with van der Waals surface area (Å²) >= 11 is 0. The van der Waals surface area contributed by atoms with Crippen LogP contribution in [-0.2, 0) is 14.4 Å². The number of rotatable bonds is 67. The smallest absolute Gasteiger partial charge is 0.221 e. The molecule has 13 heteroatoms. The van der Waals surface area contributed by atoms with Gasteiger partial charge in [0.25, 0.3) is 0 Å². The molecule has 0 aromatic heterocycles. The second-order valence-electron chi connectivity index (χ2n) is 24.2. The Balaban J connectivity index is -0.00000171. The van der Waals surface area contributed by atoms with Crippen LogP contribution in [0.3, 0.4) is 0 Å². The van der Waals surface area contributed by atoms with E-state index >= 15 is 0 Å². The summed E-state index contributed by atoms with van der Waals surface area (Å²) in [5.41, 5.74) is 0. The van der Waals surface area contributed by atoms with Crippen molar-refractivity contribution < 1.29 is 29.7 Å². The third kappa shape index (κ3) is 70.8. The Morgan fingerprint density at radius 3 is 0.795 bits per heavy atom. The normalized spacial score (nSPS) is 11.3. The van der Waals surface area contributed by atoms with Crippen LogP contribution in [0.15, 0.2) is 0 Å². The third-order valence-corrected chi connectivity index (χ3v) is 16.2. The van der Waals surface area contributed by atoms with Gasteiger partial charge in [0, 0.05) is 78.2 Å². The van der Waals surface area contributed by atoms with Gasteiger partial charge in [-0.2, -0.15) is 0 Å². The standard InChI is InChI=1S/C43H88N4O4.C26H55N3O2.CH4/c1-3-5-7-9-11-13-15-17-19-21-23-25-27-32-44-42(50)30-36-46(34-29-35-47(38-40-48)39-41-49)37-31-43(51)45-33-28-26-24-22-20-18-16-14-12-10-8-6-4-2;1-3-5-6-7-8-9-10-11-12-13-14-15-16-20-28-26(31)18-21-27-19-17-23-29(22-4-2)24-25-30;/h48-49H,3-41H2,1-2H3,(H,44,50)(H,45,51);27,30H,3-25H2,1-2H3,(H,28,31);1H4. The van der Waals surface area contributed by atoms with Crippen molar-refractivity contribution in [1.82, 2.24) is 36.0 Å². The van der Waals surface area contributed by atoms with Gasteiger partial charge < -0.3 is 46.4 Å². The third-order valence-electron chi connectivity index (χ3n) is 16.2. The van der Waals surface area contributed by atoms with Gasteiger partial charge in [-0.1, -0.05) is 266 Å². The quantitative estimate of drug-likeness (QED) is 0.0291. The van der Waals surface area contributed by atoms with Crippen LogP contribution in [0.4, 0.5) is 0 Å². The average Bonchev–Trinajstić information content (AvgIpc) is 3.47. The molecule has 13 nitrogen and oxygen atoms in total. The Morgan fingerprint density at radius 1 is 0.253 bits per heavy atom. The Bertz CT molecular complexity index is 1210. The maximum absolute atomic E-state index is 12.6. The number of carbonyl (C=O) groups is 3. The molecule has 0 aliphatic rings. The van der Waals surface area contributed by atoms with Crippen LogP contribution in [-0.4, -0.2) is 159 Å². The summed E-state index contributed by atoms with van der Waals surface area (Å²) in [5, 5.41) is 40.4. The van der Waals surface area contributed by atoms with E-state index in [0.29, 0.717) is 45.4 Å². The molecule has 0 saturated carbocycles. The number of aliphatic hydroxyl groups excluding tert-OH is 3. The topological polar surface area (TPSA) is 170 Å². The van der Waals surface area contributed by atoms with Crippen molar-refractivity contribution in [3.63, 3.8) is 0 Å². The number of amides is 3. The highest BCUT2D eigenvalue weighted by molar-refractivity contribution is 5.77. The van der Waals surface area contributed by atoms with Gasteiger partial charge in [-0.25, -0.2) is 0 Å². The molecule has 0 bridgehead atoms. The molecule has 7 N–H and O–H groups in total. The summed E-state index contributed by atoms with van der Waals surface area (Å²) in [6.07, 6.45) is 56.5. The largest absolute Gasteiger partial charge is 0.395 e. The maximum Gasteiger partial charge on any atom is 0.221 e. The molecule has 0 radical (unpaired) electrons. The molecule has 0 unspecified atom stereocenters. The van der Waals surface area contributed by atoms with E-state index in [4.69, 9.17) is 5.11 Å². The highest BCUT2D eigenvalue weighted by Gasteiger charge is 2.13. The lowest BCUT2D eigenvalue weighted by molar-refractivity contribution is -0.122. The lowest BCUT2D eigenvalue weighted by Crippen LogP contribution is -2.37. The van der Waals surface area contributed by atoms with Crippen LogP contribution in [0.1, 0.15) is 324 Å². The van der Waals surface area contributed by atoms with E-state index in [1.54, 1.807) is 0 Å². The summed E-state index contributed by atoms with van der Waals surface area (Å²) in [7, 11) is 0. The number of unbranched alkanes of at least 4 members (excludes halogenated alkanes) is 36. The SMILES string of the molecule is C.CCCCCCCCCCCCCCCNC(=O)CCN(CCCN(CCO)CCO)CCC(=O)NCCCCCCCCCCCCCCC.CCCCCCCCCCCCCCCNC(=O)CCNCCCN(CCC)CCO. The zero-order valence-corrected chi connectivity index (χ0v) is 55.2. The molecule has 0 saturated heterocycles. The van der Waals surface area contributed by atoms with Crippen LogP contribution in [0.5, 0.6) is 0 Å². The van der Waals surface area contributed by atoms with Crippen LogP contribution < -0.4 is 21.3 Å². The van der Waals surface area contributed by atoms with E-state index in [1.807, 2.05) is 0 Å². The van der Waals surface area contributed by atoms with E-state index in [0.717, 1.165) is 104 Å². The van der Waals surface area contributed by atoms with E-state index < -0.39 is 0 Å². The van der Waals surface area contributed by atoms with E-state index in [-0.39, 0.29) is 45.0 Å². The van der Waals surface area contributed by atoms with Crippen molar-refractivity contribution in [2.45, 2.75) is 324 Å². The van der Waals surface area contributed by atoms with Crippen LogP contribution in [0.2, 0.25) is 0 Å². The van der Waals surface area contributed by atoms with Crippen molar-refractivity contribution in [2.24, 2.45) is 0 Å². The Labute approximate surface area is 516 Å². The van der Waals surface area contributed by atoms with Crippen molar-refractivity contribution in [1.29, 1.82) is 0 Å². The van der Waals surface area contributed by atoms with E-state index in [9.17, 15) is 24.6 Å². The molecule has 0 heterocycles. The van der Waals surface area contributed by atoms with Gasteiger partial charge in [0.1, 0.15) is 0 Å². The predicted octanol–water partition coefficient (Wildman–Crippen LogP) is 15.1. The number of nitrogens with one attached hydrogen (secondary N) is 4. The summed E-state index contributed by atoms with van der Waals surface area (Å²) in [6.45, 7) is 20.1. The van der Waals surface area contributed by atoms with Gasteiger partial charge in [-0.3, -0.25) is 19.3 Å². The molecule has 0 aliphatic heterocycles. The lowest BCUT2D eigenvalue weighted by Gasteiger charge is -2.25. The summed E-state index contributed by atoms with van der Waals surface area (Å²) in [5.74, 6) is 0.347. The molecular formula is C70H147N7O6. The first kappa shape index (κ1) is 85.3. The predicted molar refractivity (Wildman–Crippen MR) is 360 cm³/mol. The van der Waals surface area contributed by atoms with Crippen LogP contribution in [0.25, 0.3) is 0 Å². The number of carbonyl (C=O) groups excluding carboxylic acids is 3. The molecule has 0 atom stereocenters. The highest BCUT2D eigenvalue weighted by Crippen LogP contribution is 2.15. The van der Waals surface area contributed by atoms with Gasteiger partial charge in [-0.05, 0) is 71.2 Å². The van der Waals surface area contributed by atoms with Crippen LogP contribution >= 0.6 is 0 Å². The average molecular weight is 1180 g/mol. The summed E-state index contributed by atoms with van der Waals surface area (Å²) < 4.78 is 0. The fourth-order valence-electron chi connectivity index (χ4n) is 10.9. The van der Waals surface area contributed by atoms with Crippen molar-refractivity contribution in [3.8, 4) is 0 Å². The Morgan fingerprint density at radius 2 is 0.506 bits per heavy atom. The molecule has 3 amide bonds. The van der Waals surface area contributed by atoms with Gasteiger partial charge in [0.05, 0.1) is 19.8 Å². The van der Waals surface area contributed by atoms with Crippen molar-refractivity contribution in [2.75, 3.05) is 111 Å². The van der Waals surface area contributed by atoms with Gasteiger partial charge in [0.15, 0.2) is 0 Å². The molecular weight excluding hydrogens is 1030 g/mol. The fourth-order valence-corrected chi connectivity index (χ4v) is 10.9. The minimum absolute atomic E-state index is 0. The summed E-state index contributed by atoms with van der Waals surface area (Å²) in [4.78, 5) is 43.7. The first-order chi connectivity index (χ1) is 40.3. The highest BCUT2D eigenvalue weighted by atomic mass is 16.3. The van der Waals surface area contributed by atoms with E-state index in [2.05, 4.69) is 63.7 Å². The molecule has 0 fully saturated rings. The number of aliphatic hydroxyl groups is 3. The zero-order valence-electron chi connectivity index (χ0n) is 55.2. The fraction of sp³-hybridized carbons (Fsp3) is 0.957. The molecule has 0 aromatic rings. The molecule has 0 aromatic carbocycles. The minimum Gasteiger partial charge on any atom is -0.395 e. The molecule has 498 valence electrons. The van der Waals surface area contributed by atoms with Gasteiger partial charge >= 0.3 is 0 Å². The lowest BCUT2D eigenvalue weighted by atomic mass is 10.0. The molecule has 83 heavy (non-hydrogen) atoms. The number of hydrogen-bond donors (Lipinski definition) is 7. The number of nitrogens with zero attached hydrogens (tertiary/aromatic N) is 3. The maximum atomic E-state index is 12.6. The first-order valence-electron chi connectivity index (χ1n) is 35.8. The molecule has 0 rings (SSSR count). The van der Waals surface area contributed by atoms with E-state index in [1.165, 1.54) is 231 Å². The minimum atomic E-state index is 0. The molecule has 0 aliphatic carbocycles. The van der Waals surface area contributed by atoms with Gasteiger partial charge in [-0.15, -0.1) is 0 Å². The van der Waals surface area contributed by atoms with Crippen molar-refractivity contribution >= 4 is 17.7 Å². The summed E-state index contributed by atoms with van der Waals surface area (Å²) in [6, 6.07) is 0.